The largest absolute Gasteiger partial charge is 0.492 e. The number of hydrogen-bond donors (Lipinski definition) is 0. The van der Waals surface area contributed by atoms with E-state index in [9.17, 15) is 22.0 Å². The lowest BCUT2D eigenvalue weighted by Crippen LogP contribution is -2.36. The molecule has 0 radical (unpaired) electrons. The molecule has 3 aromatic rings. The lowest BCUT2D eigenvalue weighted by Gasteiger charge is -2.32. The van der Waals surface area contributed by atoms with E-state index in [0.29, 0.717) is 42.4 Å². The van der Waals surface area contributed by atoms with Crippen molar-refractivity contribution >= 4 is 17.0 Å². The molecule has 0 N–H and O–H groups in total. The Bertz CT molecular complexity index is 1010. The number of hydrogen-bond acceptors (Lipinski definition) is 6. The van der Waals surface area contributed by atoms with Gasteiger partial charge in [0, 0.05) is 13.1 Å². The van der Waals surface area contributed by atoms with Crippen molar-refractivity contribution in [1.82, 2.24) is 24.7 Å². The minimum atomic E-state index is -4.48. The summed E-state index contributed by atoms with van der Waals surface area (Å²) in [4.78, 5) is 14.1. The summed E-state index contributed by atoms with van der Waals surface area (Å²) >= 11 is 0. The van der Waals surface area contributed by atoms with Gasteiger partial charge in [0.15, 0.2) is 5.65 Å². The van der Waals surface area contributed by atoms with Crippen molar-refractivity contribution in [3.63, 3.8) is 0 Å². The average Bonchev–Trinajstić information content (AvgIpc) is 3.14. The third-order valence-corrected chi connectivity index (χ3v) is 5.09. The summed E-state index contributed by atoms with van der Waals surface area (Å²) in [7, 11) is 0. The van der Waals surface area contributed by atoms with Crippen LogP contribution in [-0.2, 0) is 12.7 Å². The first-order valence-corrected chi connectivity index (χ1v) is 9.67. The van der Waals surface area contributed by atoms with Crippen LogP contribution in [0.3, 0.4) is 0 Å². The first-order valence-electron chi connectivity index (χ1n) is 9.67. The second kappa shape index (κ2) is 8.60. The van der Waals surface area contributed by atoms with Crippen LogP contribution in [0, 0.1) is 5.92 Å². The normalized spacial score (nSPS) is 15.7. The summed E-state index contributed by atoms with van der Waals surface area (Å²) in [6.45, 7) is 1.16. The van der Waals surface area contributed by atoms with Crippen molar-refractivity contribution in [2.24, 2.45) is 5.92 Å². The highest BCUT2D eigenvalue weighted by molar-refractivity contribution is 5.71. The van der Waals surface area contributed by atoms with Crippen LogP contribution in [0.5, 0.6) is 5.75 Å². The summed E-state index contributed by atoms with van der Waals surface area (Å²) in [5.41, 5.74) is -0.183. The SMILES string of the molecule is FC(F)Cn1ncc2ncc(N3CCC(COc4ccc(C(F)(F)F)nc4)CC3)nc21. The molecule has 1 aliphatic heterocycles. The van der Waals surface area contributed by atoms with Crippen LogP contribution in [0.25, 0.3) is 11.2 Å². The summed E-state index contributed by atoms with van der Waals surface area (Å²) in [6.07, 6.45) is -1.37. The maximum atomic E-state index is 12.7. The molecule has 31 heavy (non-hydrogen) atoms. The highest BCUT2D eigenvalue weighted by Gasteiger charge is 2.32. The molecule has 0 atom stereocenters. The number of piperidine rings is 1. The molecule has 0 bridgehead atoms. The molecule has 4 rings (SSSR count). The average molecular weight is 442 g/mol. The molecule has 1 fully saturated rings. The number of fused-ring (bicyclic) bond motifs is 1. The van der Waals surface area contributed by atoms with Crippen LogP contribution in [0.15, 0.2) is 30.7 Å². The van der Waals surface area contributed by atoms with Crippen molar-refractivity contribution in [3.05, 3.63) is 36.4 Å². The van der Waals surface area contributed by atoms with Crippen molar-refractivity contribution in [2.75, 3.05) is 24.6 Å². The lowest BCUT2D eigenvalue weighted by molar-refractivity contribution is -0.141. The van der Waals surface area contributed by atoms with Crippen LogP contribution in [0.1, 0.15) is 18.5 Å². The van der Waals surface area contributed by atoms with Crippen molar-refractivity contribution in [1.29, 1.82) is 0 Å². The Morgan fingerprint density at radius 1 is 1.06 bits per heavy atom. The van der Waals surface area contributed by atoms with E-state index < -0.39 is 24.8 Å². The Morgan fingerprint density at radius 3 is 2.48 bits per heavy atom. The smallest absolute Gasteiger partial charge is 0.433 e. The molecule has 166 valence electrons. The molecule has 0 unspecified atom stereocenters. The van der Waals surface area contributed by atoms with Crippen LogP contribution in [0.4, 0.5) is 27.8 Å². The molecule has 0 aliphatic carbocycles. The van der Waals surface area contributed by atoms with Crippen LogP contribution in [-0.4, -0.2) is 50.9 Å². The van der Waals surface area contributed by atoms with E-state index >= 15 is 0 Å². The van der Waals surface area contributed by atoms with Crippen LogP contribution in [0.2, 0.25) is 0 Å². The van der Waals surface area contributed by atoms with Gasteiger partial charge in [0.1, 0.15) is 29.3 Å². The molecule has 0 amide bonds. The Balaban J connectivity index is 1.32. The number of anilines is 1. The number of nitrogens with zero attached hydrogens (tertiary/aromatic N) is 6. The van der Waals surface area contributed by atoms with Gasteiger partial charge in [-0.3, -0.25) is 0 Å². The minimum absolute atomic E-state index is 0.222. The second-order valence-electron chi connectivity index (χ2n) is 7.27. The van der Waals surface area contributed by atoms with E-state index in [1.807, 2.05) is 4.90 Å². The molecule has 1 aliphatic rings. The third kappa shape index (κ3) is 5.00. The predicted octanol–water partition coefficient (Wildman–Crippen LogP) is 3.80. The quantitative estimate of drug-likeness (QED) is 0.541. The topological polar surface area (TPSA) is 69.0 Å². The third-order valence-electron chi connectivity index (χ3n) is 5.09. The van der Waals surface area contributed by atoms with Gasteiger partial charge in [0.05, 0.1) is 25.2 Å². The highest BCUT2D eigenvalue weighted by atomic mass is 19.4. The van der Waals surface area contributed by atoms with E-state index in [0.717, 1.165) is 29.8 Å². The first-order chi connectivity index (χ1) is 14.8. The fourth-order valence-corrected chi connectivity index (χ4v) is 3.43. The number of halogens is 5. The van der Waals surface area contributed by atoms with Gasteiger partial charge in [0.25, 0.3) is 6.43 Å². The zero-order chi connectivity index (χ0) is 22.0. The number of ether oxygens (including phenoxy) is 1. The van der Waals surface area contributed by atoms with Gasteiger partial charge in [-0.2, -0.15) is 18.3 Å². The van der Waals surface area contributed by atoms with E-state index in [1.165, 1.54) is 12.3 Å². The summed E-state index contributed by atoms with van der Waals surface area (Å²) in [5.74, 6) is 1.11. The Kier molecular flexibility index (Phi) is 5.88. The van der Waals surface area contributed by atoms with Crippen molar-refractivity contribution in [3.8, 4) is 5.75 Å². The van der Waals surface area contributed by atoms with Crippen LogP contribution >= 0.6 is 0 Å². The molecule has 0 saturated carbocycles. The summed E-state index contributed by atoms with van der Waals surface area (Å²) in [5, 5.41) is 3.91. The maximum absolute atomic E-state index is 12.7. The van der Waals surface area contributed by atoms with Gasteiger partial charge in [-0.1, -0.05) is 0 Å². The van der Waals surface area contributed by atoms with Crippen molar-refractivity contribution in [2.45, 2.75) is 32.0 Å². The Morgan fingerprint density at radius 2 is 1.84 bits per heavy atom. The van der Waals surface area contributed by atoms with Gasteiger partial charge in [-0.05, 0) is 30.9 Å². The highest BCUT2D eigenvalue weighted by Crippen LogP contribution is 2.29. The Hall–Kier alpha value is -3.05. The Labute approximate surface area is 173 Å². The minimum Gasteiger partial charge on any atom is -0.492 e. The van der Waals surface area contributed by atoms with Gasteiger partial charge >= 0.3 is 6.18 Å². The van der Waals surface area contributed by atoms with Gasteiger partial charge in [-0.15, -0.1) is 0 Å². The zero-order valence-electron chi connectivity index (χ0n) is 16.3. The van der Waals surface area contributed by atoms with E-state index in [-0.39, 0.29) is 5.92 Å². The molecule has 0 aromatic carbocycles. The molecular weight excluding hydrogens is 423 g/mol. The van der Waals surface area contributed by atoms with Crippen molar-refractivity contribution < 1.29 is 26.7 Å². The summed E-state index contributed by atoms with van der Waals surface area (Å²) < 4.78 is 69.8. The van der Waals surface area contributed by atoms with Gasteiger partial charge in [-0.25, -0.2) is 28.4 Å². The molecule has 12 heteroatoms. The monoisotopic (exact) mass is 442 g/mol. The molecule has 0 spiro atoms. The molecular formula is C19H19F5N6O. The number of rotatable bonds is 6. The zero-order valence-corrected chi connectivity index (χ0v) is 16.3. The number of aromatic nitrogens is 5. The van der Waals surface area contributed by atoms with Crippen LogP contribution < -0.4 is 9.64 Å². The molecule has 7 nitrogen and oxygen atoms in total. The van der Waals surface area contributed by atoms with E-state index in [4.69, 9.17) is 4.74 Å². The molecule has 1 saturated heterocycles. The van der Waals surface area contributed by atoms with Gasteiger partial charge in [0.2, 0.25) is 0 Å². The van der Waals surface area contributed by atoms with Gasteiger partial charge < -0.3 is 9.64 Å². The summed E-state index contributed by atoms with van der Waals surface area (Å²) in [6, 6.07) is 2.16. The van der Waals surface area contributed by atoms with E-state index in [2.05, 4.69) is 20.1 Å². The number of alkyl halides is 5. The molecule has 3 aromatic heterocycles. The van der Waals surface area contributed by atoms with E-state index in [1.54, 1.807) is 6.20 Å². The standard InChI is InChI=1S/C19H19F5N6O/c20-16(21)10-30-18-14(8-27-30)25-9-17(28-18)29-5-3-12(4-6-29)11-31-13-1-2-15(26-7-13)19(22,23)24/h1-2,7-9,12,16H,3-6,10-11H2. The lowest BCUT2D eigenvalue weighted by atomic mass is 9.98. The first kappa shape index (κ1) is 21.2. The number of pyridine rings is 1. The second-order valence-corrected chi connectivity index (χ2v) is 7.27. The molecule has 4 heterocycles. The fourth-order valence-electron chi connectivity index (χ4n) is 3.43. The predicted molar refractivity (Wildman–Crippen MR) is 101 cm³/mol. The fraction of sp³-hybridized carbons (Fsp3) is 0.474. The maximum Gasteiger partial charge on any atom is 0.433 e.